The van der Waals surface area contributed by atoms with E-state index in [9.17, 15) is 0 Å². The summed E-state index contributed by atoms with van der Waals surface area (Å²) in [5, 5.41) is 11.2. The minimum absolute atomic E-state index is 0.587. The highest BCUT2D eigenvalue weighted by atomic mass is 16.5. The molecule has 7 heteroatoms. The van der Waals surface area contributed by atoms with Crippen LogP contribution >= 0.6 is 0 Å². The van der Waals surface area contributed by atoms with Crippen LogP contribution in [0.3, 0.4) is 0 Å². The zero-order valence-corrected chi connectivity index (χ0v) is 11.2. The average Bonchev–Trinajstić information content (AvgIpc) is 2.84. The van der Waals surface area contributed by atoms with Crippen LogP contribution < -0.4 is 5.32 Å². The second-order valence-corrected chi connectivity index (χ2v) is 4.13. The van der Waals surface area contributed by atoms with Crippen molar-refractivity contribution >= 4 is 5.82 Å². The molecule has 2 heterocycles. The van der Waals surface area contributed by atoms with Crippen LogP contribution in [0.15, 0.2) is 18.6 Å². The molecule has 0 aliphatic heterocycles. The Balaban J connectivity index is 1.90. The third-order valence-corrected chi connectivity index (χ3v) is 2.65. The summed E-state index contributed by atoms with van der Waals surface area (Å²) in [7, 11) is 1.70. The Labute approximate surface area is 112 Å². The van der Waals surface area contributed by atoms with E-state index in [1.54, 1.807) is 19.6 Å². The molecular formula is C12H18N6O. The standard InChI is InChI=1S/C12H18N6O/c1-10-13-5-4-11(16-10)14-8-12-17-15-9-18(12)6-3-7-19-2/h4-5,9H,3,6-8H2,1-2H3,(H,13,14,16). The quantitative estimate of drug-likeness (QED) is 0.751. The van der Waals surface area contributed by atoms with Crippen molar-refractivity contribution in [1.82, 2.24) is 24.7 Å². The SMILES string of the molecule is COCCCn1cnnc1CNc1ccnc(C)n1. The van der Waals surface area contributed by atoms with Crippen LogP contribution in [0.4, 0.5) is 5.82 Å². The van der Waals surface area contributed by atoms with E-state index >= 15 is 0 Å². The molecule has 0 unspecified atom stereocenters. The number of methoxy groups -OCH3 is 1. The van der Waals surface area contributed by atoms with Crippen molar-refractivity contribution in [2.75, 3.05) is 19.0 Å². The van der Waals surface area contributed by atoms with Gasteiger partial charge in [0.15, 0.2) is 5.82 Å². The highest BCUT2D eigenvalue weighted by molar-refractivity contribution is 5.32. The third-order valence-electron chi connectivity index (χ3n) is 2.65. The summed E-state index contributed by atoms with van der Waals surface area (Å²) < 4.78 is 7.05. The number of aromatic nitrogens is 5. The van der Waals surface area contributed by atoms with Gasteiger partial charge in [-0.2, -0.15) is 0 Å². The second-order valence-electron chi connectivity index (χ2n) is 4.13. The molecule has 2 rings (SSSR count). The molecule has 7 nitrogen and oxygen atoms in total. The first kappa shape index (κ1) is 13.4. The van der Waals surface area contributed by atoms with Gasteiger partial charge in [-0.25, -0.2) is 9.97 Å². The van der Waals surface area contributed by atoms with Gasteiger partial charge in [0.1, 0.15) is 18.0 Å². The van der Waals surface area contributed by atoms with E-state index in [4.69, 9.17) is 4.74 Å². The van der Waals surface area contributed by atoms with Gasteiger partial charge in [0, 0.05) is 26.5 Å². The van der Waals surface area contributed by atoms with Crippen molar-refractivity contribution in [1.29, 1.82) is 0 Å². The Hall–Kier alpha value is -2.02. The maximum atomic E-state index is 5.04. The van der Waals surface area contributed by atoms with Gasteiger partial charge in [0.2, 0.25) is 0 Å². The lowest BCUT2D eigenvalue weighted by atomic mass is 10.4. The van der Waals surface area contributed by atoms with Crippen molar-refractivity contribution in [3.05, 3.63) is 30.2 Å². The molecule has 2 aromatic rings. The number of nitrogens with one attached hydrogen (secondary N) is 1. The van der Waals surface area contributed by atoms with E-state index in [0.29, 0.717) is 6.54 Å². The van der Waals surface area contributed by atoms with Crippen molar-refractivity contribution in [3.8, 4) is 0 Å². The molecule has 0 aliphatic carbocycles. The molecule has 0 saturated carbocycles. The van der Waals surface area contributed by atoms with Gasteiger partial charge >= 0.3 is 0 Å². The fraction of sp³-hybridized carbons (Fsp3) is 0.500. The largest absolute Gasteiger partial charge is 0.385 e. The number of rotatable bonds is 7. The molecule has 19 heavy (non-hydrogen) atoms. The smallest absolute Gasteiger partial charge is 0.152 e. The molecule has 0 amide bonds. The summed E-state index contributed by atoms with van der Waals surface area (Å²) in [6.45, 7) is 4.03. The van der Waals surface area contributed by atoms with Crippen LogP contribution in [0.25, 0.3) is 0 Å². The molecule has 0 atom stereocenters. The lowest BCUT2D eigenvalue weighted by Gasteiger charge is -2.08. The summed E-state index contributed by atoms with van der Waals surface area (Å²) in [6, 6.07) is 1.83. The summed E-state index contributed by atoms with van der Waals surface area (Å²) >= 11 is 0. The number of hydrogen-bond donors (Lipinski definition) is 1. The van der Waals surface area contributed by atoms with E-state index in [1.165, 1.54) is 0 Å². The molecule has 2 aromatic heterocycles. The Morgan fingerprint density at radius 2 is 2.32 bits per heavy atom. The van der Waals surface area contributed by atoms with Gasteiger partial charge in [-0.15, -0.1) is 10.2 Å². The van der Waals surface area contributed by atoms with Crippen molar-refractivity contribution in [3.63, 3.8) is 0 Å². The molecule has 0 saturated heterocycles. The van der Waals surface area contributed by atoms with Gasteiger partial charge in [0.25, 0.3) is 0 Å². The predicted octanol–water partition coefficient (Wildman–Crippen LogP) is 1.03. The van der Waals surface area contributed by atoms with Crippen molar-refractivity contribution < 1.29 is 4.74 Å². The van der Waals surface area contributed by atoms with Crippen molar-refractivity contribution in [2.24, 2.45) is 0 Å². The number of ether oxygens (including phenoxy) is 1. The first-order valence-electron chi connectivity index (χ1n) is 6.18. The fourth-order valence-corrected chi connectivity index (χ4v) is 1.71. The summed E-state index contributed by atoms with van der Waals surface area (Å²) in [5.41, 5.74) is 0. The minimum Gasteiger partial charge on any atom is -0.385 e. The highest BCUT2D eigenvalue weighted by Crippen LogP contribution is 2.04. The molecule has 0 bridgehead atoms. The maximum Gasteiger partial charge on any atom is 0.152 e. The van der Waals surface area contributed by atoms with E-state index in [2.05, 4.69) is 25.5 Å². The fourth-order valence-electron chi connectivity index (χ4n) is 1.71. The number of nitrogens with zero attached hydrogens (tertiary/aromatic N) is 5. The Morgan fingerprint density at radius 3 is 3.11 bits per heavy atom. The Morgan fingerprint density at radius 1 is 1.42 bits per heavy atom. The lowest BCUT2D eigenvalue weighted by molar-refractivity contribution is 0.190. The molecule has 102 valence electrons. The lowest BCUT2D eigenvalue weighted by Crippen LogP contribution is -2.10. The van der Waals surface area contributed by atoms with E-state index in [-0.39, 0.29) is 0 Å². The molecule has 0 spiro atoms. The van der Waals surface area contributed by atoms with Crippen molar-refractivity contribution in [2.45, 2.75) is 26.4 Å². The third kappa shape index (κ3) is 3.99. The number of aryl methyl sites for hydroxylation is 2. The summed E-state index contributed by atoms with van der Waals surface area (Å²) in [4.78, 5) is 8.33. The van der Waals surface area contributed by atoms with Gasteiger partial charge in [0.05, 0.1) is 6.54 Å². The Kier molecular flexibility index (Phi) is 4.79. The zero-order valence-electron chi connectivity index (χ0n) is 11.2. The van der Waals surface area contributed by atoms with E-state index in [1.807, 2.05) is 17.6 Å². The van der Waals surface area contributed by atoms with Crippen LogP contribution in [0.1, 0.15) is 18.1 Å². The van der Waals surface area contributed by atoms with Crippen LogP contribution in [-0.2, 0) is 17.8 Å². The van der Waals surface area contributed by atoms with Gasteiger partial charge in [-0.3, -0.25) is 0 Å². The van der Waals surface area contributed by atoms with Crippen LogP contribution in [0, 0.1) is 6.92 Å². The summed E-state index contributed by atoms with van der Waals surface area (Å²) in [5.74, 6) is 2.41. The first-order chi connectivity index (χ1) is 9.29. The minimum atomic E-state index is 0.587. The molecular weight excluding hydrogens is 244 g/mol. The van der Waals surface area contributed by atoms with E-state index in [0.717, 1.165) is 37.0 Å². The van der Waals surface area contributed by atoms with Crippen LogP contribution in [0.2, 0.25) is 0 Å². The molecule has 0 aromatic carbocycles. The zero-order chi connectivity index (χ0) is 13.5. The molecule has 0 aliphatic rings. The maximum absolute atomic E-state index is 5.04. The normalized spacial score (nSPS) is 10.6. The predicted molar refractivity (Wildman–Crippen MR) is 70.6 cm³/mol. The number of hydrogen-bond acceptors (Lipinski definition) is 6. The highest BCUT2D eigenvalue weighted by Gasteiger charge is 2.04. The van der Waals surface area contributed by atoms with Crippen LogP contribution in [-0.4, -0.2) is 38.4 Å². The molecule has 1 N–H and O–H groups in total. The first-order valence-corrected chi connectivity index (χ1v) is 6.18. The number of anilines is 1. The molecule has 0 fully saturated rings. The van der Waals surface area contributed by atoms with Gasteiger partial charge < -0.3 is 14.6 Å². The van der Waals surface area contributed by atoms with Gasteiger partial charge in [-0.05, 0) is 19.4 Å². The summed E-state index contributed by atoms with van der Waals surface area (Å²) in [6.07, 6.45) is 4.40. The average molecular weight is 262 g/mol. The molecule has 0 radical (unpaired) electrons. The van der Waals surface area contributed by atoms with Crippen LogP contribution in [0.5, 0.6) is 0 Å². The van der Waals surface area contributed by atoms with E-state index < -0.39 is 0 Å². The topological polar surface area (TPSA) is 77.8 Å². The Bertz CT molecular complexity index is 512. The monoisotopic (exact) mass is 262 g/mol. The second kappa shape index (κ2) is 6.79. The van der Waals surface area contributed by atoms with Gasteiger partial charge in [-0.1, -0.05) is 0 Å².